The van der Waals surface area contributed by atoms with Crippen LogP contribution in [0.5, 0.6) is 0 Å². The maximum absolute atomic E-state index is 12.4. The highest BCUT2D eigenvalue weighted by Gasteiger charge is 2.33. The van der Waals surface area contributed by atoms with E-state index in [1.165, 1.54) is 4.68 Å². The van der Waals surface area contributed by atoms with Crippen molar-refractivity contribution >= 4 is 11.6 Å². The molecule has 0 fully saturated rings. The summed E-state index contributed by atoms with van der Waals surface area (Å²) >= 11 is 0. The fourth-order valence-electron chi connectivity index (χ4n) is 2.12. The van der Waals surface area contributed by atoms with Gasteiger partial charge in [0.25, 0.3) is 0 Å². The second-order valence-electron chi connectivity index (χ2n) is 4.87. The summed E-state index contributed by atoms with van der Waals surface area (Å²) in [5.41, 5.74) is 5.85. The molecule has 0 aromatic carbocycles. The number of nitrogens with zero attached hydrogens (tertiary/aromatic N) is 4. The van der Waals surface area contributed by atoms with Crippen molar-refractivity contribution in [2.45, 2.75) is 26.7 Å². The van der Waals surface area contributed by atoms with Gasteiger partial charge in [0.2, 0.25) is 11.9 Å². The monoisotopic (exact) mass is 288 g/mol. The number of nitrogens with one attached hydrogen (secondary N) is 1. The molecule has 0 unspecified atom stereocenters. The number of hydrogen-bond donors (Lipinski definition) is 2. The van der Waals surface area contributed by atoms with E-state index in [0.29, 0.717) is 31.0 Å². The summed E-state index contributed by atoms with van der Waals surface area (Å²) in [4.78, 5) is 20.6. The van der Waals surface area contributed by atoms with Crippen LogP contribution in [0.2, 0.25) is 0 Å². The van der Waals surface area contributed by atoms with Crippen molar-refractivity contribution in [1.29, 1.82) is 0 Å². The highest BCUT2D eigenvalue weighted by molar-refractivity contribution is 5.95. The summed E-state index contributed by atoms with van der Waals surface area (Å²) in [6.45, 7) is 4.26. The fourth-order valence-corrected chi connectivity index (χ4v) is 2.12. The zero-order chi connectivity index (χ0) is 15.3. The van der Waals surface area contributed by atoms with Crippen LogP contribution in [0.3, 0.4) is 0 Å². The van der Waals surface area contributed by atoms with Crippen molar-refractivity contribution in [2.24, 2.45) is 11.1 Å². The molecule has 0 saturated heterocycles. The lowest BCUT2D eigenvalue weighted by Gasteiger charge is -2.28. The molecule has 1 amide bonds. The first kappa shape index (κ1) is 15.1. The Morgan fingerprint density at radius 2 is 2.00 bits per heavy atom. The van der Waals surface area contributed by atoms with E-state index in [1.54, 1.807) is 30.9 Å². The maximum Gasteiger partial charge on any atom is 0.250 e. The molecule has 2 aromatic heterocycles. The molecule has 2 heterocycles. The third-order valence-corrected chi connectivity index (χ3v) is 3.82. The van der Waals surface area contributed by atoms with E-state index in [0.717, 1.165) is 0 Å². The van der Waals surface area contributed by atoms with Crippen molar-refractivity contribution in [2.75, 3.05) is 11.9 Å². The SMILES string of the molecule is CCC(CC)(CN)C(=O)Nc1cnn(-c2ncccn2)c1. The van der Waals surface area contributed by atoms with Crippen LogP contribution in [0.4, 0.5) is 5.69 Å². The highest BCUT2D eigenvalue weighted by atomic mass is 16.2. The Balaban J connectivity index is 2.14. The van der Waals surface area contributed by atoms with Gasteiger partial charge in [0.15, 0.2) is 0 Å². The molecule has 0 atom stereocenters. The van der Waals surface area contributed by atoms with Gasteiger partial charge in [0.1, 0.15) is 0 Å². The van der Waals surface area contributed by atoms with E-state index in [9.17, 15) is 4.79 Å². The summed E-state index contributed by atoms with van der Waals surface area (Å²) in [6, 6.07) is 1.73. The topological polar surface area (TPSA) is 98.7 Å². The molecule has 2 aromatic rings. The molecule has 21 heavy (non-hydrogen) atoms. The van der Waals surface area contributed by atoms with Gasteiger partial charge in [-0.3, -0.25) is 4.79 Å². The molecule has 0 aliphatic heterocycles. The average Bonchev–Trinajstić information content (AvgIpc) is 2.99. The molecule has 112 valence electrons. The van der Waals surface area contributed by atoms with Crippen LogP contribution in [0.25, 0.3) is 5.95 Å². The quantitative estimate of drug-likeness (QED) is 0.836. The predicted molar refractivity (Wildman–Crippen MR) is 79.9 cm³/mol. The largest absolute Gasteiger partial charge is 0.329 e. The lowest BCUT2D eigenvalue weighted by molar-refractivity contribution is -0.125. The van der Waals surface area contributed by atoms with Gasteiger partial charge in [-0.2, -0.15) is 5.10 Å². The highest BCUT2D eigenvalue weighted by Crippen LogP contribution is 2.26. The minimum Gasteiger partial charge on any atom is -0.329 e. The molecular weight excluding hydrogens is 268 g/mol. The molecule has 0 aliphatic carbocycles. The van der Waals surface area contributed by atoms with E-state index in [1.807, 2.05) is 13.8 Å². The molecular formula is C14H20N6O. The van der Waals surface area contributed by atoms with Crippen LogP contribution in [0.1, 0.15) is 26.7 Å². The Kier molecular flexibility index (Phi) is 4.64. The third kappa shape index (κ3) is 3.08. The van der Waals surface area contributed by atoms with Gasteiger partial charge in [-0.15, -0.1) is 0 Å². The summed E-state index contributed by atoms with van der Waals surface area (Å²) in [5.74, 6) is 0.373. The molecule has 2 rings (SSSR count). The molecule has 7 heteroatoms. The van der Waals surface area contributed by atoms with E-state index in [2.05, 4.69) is 20.4 Å². The van der Waals surface area contributed by atoms with Gasteiger partial charge >= 0.3 is 0 Å². The Hall–Kier alpha value is -2.28. The summed E-state index contributed by atoms with van der Waals surface area (Å²) in [6.07, 6.45) is 7.91. The molecule has 0 spiro atoms. The van der Waals surface area contributed by atoms with Gasteiger partial charge in [0, 0.05) is 18.9 Å². The first-order valence-corrected chi connectivity index (χ1v) is 6.98. The van der Waals surface area contributed by atoms with Crippen LogP contribution in [-0.2, 0) is 4.79 Å². The number of amides is 1. The number of nitrogens with two attached hydrogens (primary N) is 1. The third-order valence-electron chi connectivity index (χ3n) is 3.82. The van der Waals surface area contributed by atoms with E-state index >= 15 is 0 Å². The lowest BCUT2D eigenvalue weighted by Crippen LogP contribution is -2.41. The second-order valence-corrected chi connectivity index (χ2v) is 4.87. The summed E-state index contributed by atoms with van der Waals surface area (Å²) in [5, 5.41) is 7.01. The first-order chi connectivity index (χ1) is 10.1. The van der Waals surface area contributed by atoms with E-state index < -0.39 is 5.41 Å². The minimum absolute atomic E-state index is 0.0801. The smallest absolute Gasteiger partial charge is 0.250 e. The molecule has 0 saturated carbocycles. The van der Waals surface area contributed by atoms with Gasteiger partial charge in [-0.25, -0.2) is 14.6 Å². The predicted octanol–water partition coefficient (Wildman–Crippen LogP) is 1.37. The minimum atomic E-state index is -0.536. The Bertz CT molecular complexity index is 582. The van der Waals surface area contributed by atoms with Crippen molar-refractivity contribution in [3.8, 4) is 5.95 Å². The number of aromatic nitrogens is 4. The zero-order valence-electron chi connectivity index (χ0n) is 12.3. The number of rotatable bonds is 6. The molecule has 7 nitrogen and oxygen atoms in total. The normalized spacial score (nSPS) is 11.4. The summed E-state index contributed by atoms with van der Waals surface area (Å²) in [7, 11) is 0. The van der Waals surface area contributed by atoms with E-state index in [4.69, 9.17) is 5.73 Å². The molecule has 0 bridgehead atoms. The van der Waals surface area contributed by atoms with Crippen molar-refractivity contribution in [3.63, 3.8) is 0 Å². The van der Waals surface area contributed by atoms with Crippen LogP contribution in [0, 0.1) is 5.41 Å². The van der Waals surface area contributed by atoms with Crippen LogP contribution in [-0.4, -0.2) is 32.2 Å². The first-order valence-electron chi connectivity index (χ1n) is 6.98. The van der Waals surface area contributed by atoms with Gasteiger partial charge < -0.3 is 11.1 Å². The van der Waals surface area contributed by atoms with Crippen molar-refractivity contribution < 1.29 is 4.79 Å². The zero-order valence-corrected chi connectivity index (χ0v) is 12.3. The van der Waals surface area contributed by atoms with Crippen molar-refractivity contribution in [3.05, 3.63) is 30.9 Å². The summed E-state index contributed by atoms with van der Waals surface area (Å²) < 4.78 is 1.51. The Morgan fingerprint density at radius 1 is 1.33 bits per heavy atom. The molecule has 0 aliphatic rings. The van der Waals surface area contributed by atoms with Crippen molar-refractivity contribution in [1.82, 2.24) is 19.7 Å². The average molecular weight is 288 g/mol. The molecule has 3 N–H and O–H groups in total. The number of anilines is 1. The van der Waals surface area contributed by atoms with Gasteiger partial charge in [0.05, 0.1) is 23.5 Å². The van der Waals surface area contributed by atoms with Gasteiger partial charge in [-0.05, 0) is 18.9 Å². The standard InChI is InChI=1S/C14H20N6O/c1-3-14(4-2,10-15)12(21)19-11-8-18-20(9-11)13-16-6-5-7-17-13/h5-9H,3-4,10,15H2,1-2H3,(H,19,21). The van der Waals surface area contributed by atoms with Gasteiger partial charge in [-0.1, -0.05) is 13.8 Å². The molecule has 0 radical (unpaired) electrons. The van der Waals surface area contributed by atoms with E-state index in [-0.39, 0.29) is 5.91 Å². The van der Waals surface area contributed by atoms with Crippen LogP contribution >= 0.6 is 0 Å². The number of carbonyl (C=O) groups excluding carboxylic acids is 1. The Labute approximate surface area is 123 Å². The second kappa shape index (κ2) is 6.45. The number of hydrogen-bond acceptors (Lipinski definition) is 5. The maximum atomic E-state index is 12.4. The van der Waals surface area contributed by atoms with Crippen LogP contribution < -0.4 is 11.1 Å². The fraction of sp³-hybridized carbons (Fsp3) is 0.429. The number of carbonyl (C=O) groups is 1. The lowest BCUT2D eigenvalue weighted by atomic mass is 9.81. The Morgan fingerprint density at radius 3 is 2.57 bits per heavy atom. The van der Waals surface area contributed by atoms with Crippen LogP contribution in [0.15, 0.2) is 30.9 Å².